The molecule has 0 aliphatic heterocycles. The molecule has 0 atom stereocenters. The highest BCUT2D eigenvalue weighted by Gasteiger charge is 2.03. The van der Waals surface area contributed by atoms with Crippen LogP contribution in [0.2, 0.25) is 0 Å². The van der Waals surface area contributed by atoms with Crippen LogP contribution >= 0.6 is 0 Å². The zero-order valence-corrected chi connectivity index (χ0v) is 8.04. The molecule has 1 heterocycles. The fourth-order valence-electron chi connectivity index (χ4n) is 0.873. The molecule has 1 aromatic heterocycles. The van der Waals surface area contributed by atoms with E-state index in [2.05, 4.69) is 22.4 Å². The van der Waals surface area contributed by atoms with Crippen LogP contribution in [0.5, 0.6) is 0 Å². The highest BCUT2D eigenvalue weighted by atomic mass is 16.5. The van der Waals surface area contributed by atoms with E-state index >= 15 is 0 Å². The maximum Gasteiger partial charge on any atom is 0.242 e. The first-order valence-corrected chi connectivity index (χ1v) is 4.40. The summed E-state index contributed by atoms with van der Waals surface area (Å²) in [5, 5.41) is 10.6. The standard InChI is InChI=1S/C8H15N3O2/c1-3-4-12-6-8-11-10-7(13-8)5-9-2/h9H,3-6H2,1-2H3. The maximum atomic E-state index is 5.26. The van der Waals surface area contributed by atoms with E-state index in [0.717, 1.165) is 13.0 Å². The lowest BCUT2D eigenvalue weighted by molar-refractivity contribution is 0.102. The Labute approximate surface area is 77.5 Å². The van der Waals surface area contributed by atoms with Crippen LogP contribution in [0.25, 0.3) is 0 Å². The Morgan fingerprint density at radius 1 is 1.38 bits per heavy atom. The number of aromatic nitrogens is 2. The molecule has 5 nitrogen and oxygen atoms in total. The van der Waals surface area contributed by atoms with Gasteiger partial charge < -0.3 is 14.5 Å². The molecule has 74 valence electrons. The van der Waals surface area contributed by atoms with Crippen molar-refractivity contribution in [1.29, 1.82) is 0 Å². The average molecular weight is 185 g/mol. The van der Waals surface area contributed by atoms with Crippen LogP contribution in [-0.4, -0.2) is 23.9 Å². The molecule has 1 aromatic rings. The van der Waals surface area contributed by atoms with Gasteiger partial charge in [-0.2, -0.15) is 0 Å². The fraction of sp³-hybridized carbons (Fsp3) is 0.750. The Morgan fingerprint density at radius 2 is 2.15 bits per heavy atom. The summed E-state index contributed by atoms with van der Waals surface area (Å²) in [5.74, 6) is 1.14. The Balaban J connectivity index is 2.31. The smallest absolute Gasteiger partial charge is 0.242 e. The minimum Gasteiger partial charge on any atom is -0.421 e. The Hall–Kier alpha value is -0.940. The maximum absolute atomic E-state index is 5.26. The van der Waals surface area contributed by atoms with Gasteiger partial charge in [-0.05, 0) is 13.5 Å². The van der Waals surface area contributed by atoms with Crippen LogP contribution < -0.4 is 5.32 Å². The van der Waals surface area contributed by atoms with Crippen molar-refractivity contribution in [3.05, 3.63) is 11.8 Å². The van der Waals surface area contributed by atoms with Crippen molar-refractivity contribution < 1.29 is 9.15 Å². The molecule has 0 amide bonds. The molecule has 0 unspecified atom stereocenters. The van der Waals surface area contributed by atoms with Crippen LogP contribution in [0.1, 0.15) is 25.1 Å². The van der Waals surface area contributed by atoms with Gasteiger partial charge >= 0.3 is 0 Å². The second kappa shape index (κ2) is 5.66. The van der Waals surface area contributed by atoms with Gasteiger partial charge in [0, 0.05) is 6.61 Å². The summed E-state index contributed by atoms with van der Waals surface area (Å²) in [5.41, 5.74) is 0. The predicted molar refractivity (Wildman–Crippen MR) is 47.0 cm³/mol. The molecular weight excluding hydrogens is 170 g/mol. The number of ether oxygens (including phenoxy) is 1. The van der Waals surface area contributed by atoms with Crippen molar-refractivity contribution in [1.82, 2.24) is 15.5 Å². The minimum atomic E-state index is 0.407. The van der Waals surface area contributed by atoms with Gasteiger partial charge in [-0.15, -0.1) is 10.2 Å². The number of hydrogen-bond acceptors (Lipinski definition) is 5. The molecule has 0 saturated carbocycles. The largest absolute Gasteiger partial charge is 0.421 e. The topological polar surface area (TPSA) is 60.2 Å². The molecular formula is C8H15N3O2. The zero-order chi connectivity index (χ0) is 9.52. The van der Waals surface area contributed by atoms with Gasteiger partial charge in [0.05, 0.1) is 6.54 Å². The fourth-order valence-corrected chi connectivity index (χ4v) is 0.873. The van der Waals surface area contributed by atoms with Crippen molar-refractivity contribution in [2.24, 2.45) is 0 Å². The zero-order valence-electron chi connectivity index (χ0n) is 8.04. The van der Waals surface area contributed by atoms with Gasteiger partial charge in [0.25, 0.3) is 0 Å². The third kappa shape index (κ3) is 3.52. The van der Waals surface area contributed by atoms with Gasteiger partial charge in [0.15, 0.2) is 0 Å². The summed E-state index contributed by atoms with van der Waals surface area (Å²) in [4.78, 5) is 0. The Morgan fingerprint density at radius 3 is 2.85 bits per heavy atom. The molecule has 0 fully saturated rings. The predicted octanol–water partition coefficient (Wildman–Crippen LogP) is 0.716. The molecule has 0 aromatic carbocycles. The van der Waals surface area contributed by atoms with Gasteiger partial charge in [0.1, 0.15) is 6.61 Å². The highest BCUT2D eigenvalue weighted by Crippen LogP contribution is 2.00. The normalized spacial score (nSPS) is 10.6. The summed E-state index contributed by atoms with van der Waals surface area (Å²) in [6.07, 6.45) is 0.998. The van der Waals surface area contributed by atoms with Crippen LogP contribution in [0.15, 0.2) is 4.42 Å². The van der Waals surface area contributed by atoms with Gasteiger partial charge in [-0.3, -0.25) is 0 Å². The molecule has 0 saturated heterocycles. The molecule has 1 N–H and O–H groups in total. The van der Waals surface area contributed by atoms with E-state index in [-0.39, 0.29) is 0 Å². The molecule has 1 rings (SSSR count). The van der Waals surface area contributed by atoms with E-state index < -0.39 is 0 Å². The van der Waals surface area contributed by atoms with Crippen LogP contribution in [-0.2, 0) is 17.9 Å². The number of nitrogens with one attached hydrogen (secondary N) is 1. The number of hydrogen-bond donors (Lipinski definition) is 1. The quantitative estimate of drug-likeness (QED) is 0.661. The van der Waals surface area contributed by atoms with Crippen LogP contribution in [0, 0.1) is 0 Å². The van der Waals surface area contributed by atoms with E-state index in [4.69, 9.17) is 9.15 Å². The molecule has 0 aliphatic carbocycles. The van der Waals surface area contributed by atoms with E-state index in [1.165, 1.54) is 0 Å². The van der Waals surface area contributed by atoms with Gasteiger partial charge in [-0.25, -0.2) is 0 Å². The first kappa shape index (κ1) is 10.1. The lowest BCUT2D eigenvalue weighted by Crippen LogP contribution is -2.04. The lowest BCUT2D eigenvalue weighted by atomic mass is 10.5. The van der Waals surface area contributed by atoms with Crippen molar-refractivity contribution in [3.63, 3.8) is 0 Å². The van der Waals surface area contributed by atoms with Gasteiger partial charge in [-0.1, -0.05) is 6.92 Å². The van der Waals surface area contributed by atoms with E-state index in [1.54, 1.807) is 0 Å². The highest BCUT2D eigenvalue weighted by molar-refractivity contribution is 4.78. The molecule has 0 aliphatic rings. The first-order chi connectivity index (χ1) is 6.36. The SMILES string of the molecule is CCCOCc1nnc(CNC)o1. The lowest BCUT2D eigenvalue weighted by Gasteiger charge is -1.96. The molecule has 5 heteroatoms. The van der Waals surface area contributed by atoms with Crippen molar-refractivity contribution in [3.8, 4) is 0 Å². The van der Waals surface area contributed by atoms with Crippen molar-refractivity contribution >= 4 is 0 Å². The number of rotatable bonds is 6. The van der Waals surface area contributed by atoms with Crippen molar-refractivity contribution in [2.45, 2.75) is 26.5 Å². The average Bonchev–Trinajstić information content (AvgIpc) is 2.54. The van der Waals surface area contributed by atoms with Crippen LogP contribution in [0.3, 0.4) is 0 Å². The van der Waals surface area contributed by atoms with E-state index in [1.807, 2.05) is 7.05 Å². The van der Waals surface area contributed by atoms with Gasteiger partial charge in [0.2, 0.25) is 11.8 Å². The molecule has 13 heavy (non-hydrogen) atoms. The Kier molecular flexibility index (Phi) is 4.42. The van der Waals surface area contributed by atoms with E-state index in [9.17, 15) is 0 Å². The monoisotopic (exact) mass is 185 g/mol. The third-order valence-electron chi connectivity index (χ3n) is 1.41. The van der Waals surface area contributed by atoms with Crippen LogP contribution in [0.4, 0.5) is 0 Å². The second-order valence-corrected chi connectivity index (χ2v) is 2.67. The molecule has 0 bridgehead atoms. The summed E-state index contributed by atoms with van der Waals surface area (Å²) in [6.45, 7) is 3.79. The minimum absolute atomic E-state index is 0.407. The third-order valence-corrected chi connectivity index (χ3v) is 1.41. The summed E-state index contributed by atoms with van der Waals surface area (Å²) in [6, 6.07) is 0. The number of nitrogens with zero attached hydrogens (tertiary/aromatic N) is 2. The second-order valence-electron chi connectivity index (χ2n) is 2.67. The summed E-state index contributed by atoms with van der Waals surface area (Å²) >= 11 is 0. The van der Waals surface area contributed by atoms with E-state index in [0.29, 0.717) is 24.9 Å². The molecule has 0 spiro atoms. The first-order valence-electron chi connectivity index (χ1n) is 4.40. The molecule has 0 radical (unpaired) electrons. The summed E-state index contributed by atoms with van der Waals surface area (Å²) in [7, 11) is 1.83. The van der Waals surface area contributed by atoms with Crippen molar-refractivity contribution in [2.75, 3.05) is 13.7 Å². The Bertz CT molecular complexity index is 237. The summed E-state index contributed by atoms with van der Waals surface area (Å²) < 4.78 is 10.5.